The molecule has 1 amide bonds. The second kappa shape index (κ2) is 13.6. The predicted octanol–water partition coefficient (Wildman–Crippen LogP) is 3.28. The molecule has 1 aromatic heterocycles. The van der Waals surface area contributed by atoms with Gasteiger partial charge in [0, 0.05) is 57.1 Å². The molecule has 1 atom stereocenters. The largest absolute Gasteiger partial charge is 0.463 e. The minimum absolute atomic E-state index is 0.111. The Hall–Kier alpha value is -3.89. The number of piperazine rings is 1. The molecule has 5 rings (SSSR count). The van der Waals surface area contributed by atoms with Gasteiger partial charge in [-0.05, 0) is 31.1 Å². The Balaban J connectivity index is 1.41. The van der Waals surface area contributed by atoms with E-state index in [0.717, 1.165) is 37.7 Å². The lowest BCUT2D eigenvalue weighted by Gasteiger charge is -2.42. The Labute approximate surface area is 249 Å². The molecule has 1 aromatic carbocycles. The molecule has 43 heavy (non-hydrogen) atoms. The fraction of sp³-hybridized carbons (Fsp3) is 0.533. The van der Waals surface area contributed by atoms with Crippen LogP contribution in [0.2, 0.25) is 0 Å². The summed E-state index contributed by atoms with van der Waals surface area (Å²) in [6.45, 7) is 9.75. The average Bonchev–Trinajstić information content (AvgIpc) is 3.02. The summed E-state index contributed by atoms with van der Waals surface area (Å²) in [7, 11) is 0. The number of carbonyl (C=O) groups excluding carboxylic acids is 1. The maximum Gasteiger partial charge on any atom is 0.418 e. The minimum atomic E-state index is -4.49. The summed E-state index contributed by atoms with van der Waals surface area (Å²) in [5, 5.41) is 9.44. The number of hydrogen-bond donors (Lipinski definition) is 0. The summed E-state index contributed by atoms with van der Waals surface area (Å²) in [6, 6.07) is 7.57. The van der Waals surface area contributed by atoms with Crippen LogP contribution in [0.25, 0.3) is 0 Å². The molecule has 0 bridgehead atoms. The Kier molecular flexibility index (Phi) is 9.67. The number of halogens is 3. The van der Waals surface area contributed by atoms with Crippen LogP contribution in [0, 0.1) is 11.3 Å². The van der Waals surface area contributed by atoms with Crippen molar-refractivity contribution in [1.29, 1.82) is 5.26 Å². The van der Waals surface area contributed by atoms with Gasteiger partial charge in [-0.25, -0.2) is 0 Å². The van der Waals surface area contributed by atoms with Gasteiger partial charge in [0.2, 0.25) is 5.91 Å². The van der Waals surface area contributed by atoms with Crippen molar-refractivity contribution in [3.8, 4) is 12.1 Å². The number of carbonyl (C=O) groups is 1. The van der Waals surface area contributed by atoms with E-state index in [2.05, 4.69) is 22.5 Å². The molecule has 2 aromatic rings. The highest BCUT2D eigenvalue weighted by atomic mass is 19.4. The van der Waals surface area contributed by atoms with Gasteiger partial charge in [-0.1, -0.05) is 18.7 Å². The van der Waals surface area contributed by atoms with Crippen molar-refractivity contribution in [2.45, 2.75) is 38.0 Å². The molecule has 10 nitrogen and oxygen atoms in total. The molecule has 0 N–H and O–H groups in total. The Bertz CT molecular complexity index is 1340. The Morgan fingerprint density at radius 2 is 1.93 bits per heavy atom. The van der Waals surface area contributed by atoms with E-state index in [1.54, 1.807) is 15.9 Å². The molecule has 13 heteroatoms. The molecule has 3 aliphatic rings. The van der Waals surface area contributed by atoms with Crippen LogP contribution >= 0.6 is 0 Å². The fourth-order valence-corrected chi connectivity index (χ4v) is 5.92. The van der Waals surface area contributed by atoms with Crippen molar-refractivity contribution in [1.82, 2.24) is 19.8 Å². The predicted molar refractivity (Wildman–Crippen MR) is 154 cm³/mol. The van der Waals surface area contributed by atoms with E-state index in [4.69, 9.17) is 14.5 Å². The van der Waals surface area contributed by atoms with Crippen LogP contribution in [0.3, 0.4) is 0 Å². The third-order valence-corrected chi connectivity index (χ3v) is 8.09. The zero-order valence-electron chi connectivity index (χ0n) is 24.1. The standard InChI is InChI=1S/C30H36F3N7O3/c1-2-27(41)40-14-13-39(20-22(40)8-10-34)28-23-9-12-38(26-7-4-3-6-24(26)30(31,32)33)21-25(23)35-29(36-28)43-17-5-11-37-15-18-42-19-16-37/h2-4,6-7,22H,1,5,8-9,11-21H2. The van der Waals surface area contributed by atoms with E-state index >= 15 is 0 Å². The number of fused-ring (bicyclic) bond motifs is 1. The molecular formula is C30H36F3N7O3. The molecular weight excluding hydrogens is 563 g/mol. The number of alkyl halides is 3. The third-order valence-electron chi connectivity index (χ3n) is 8.09. The van der Waals surface area contributed by atoms with Crippen LogP contribution in [0.5, 0.6) is 6.01 Å². The molecule has 1 unspecified atom stereocenters. The van der Waals surface area contributed by atoms with Gasteiger partial charge in [0.1, 0.15) is 5.82 Å². The Morgan fingerprint density at radius 3 is 2.67 bits per heavy atom. The van der Waals surface area contributed by atoms with Crippen molar-refractivity contribution in [3.63, 3.8) is 0 Å². The highest BCUT2D eigenvalue weighted by Gasteiger charge is 2.37. The molecule has 230 valence electrons. The summed E-state index contributed by atoms with van der Waals surface area (Å²) in [4.78, 5) is 29.6. The lowest BCUT2D eigenvalue weighted by Crippen LogP contribution is -2.55. The van der Waals surface area contributed by atoms with Gasteiger partial charge in [-0.15, -0.1) is 0 Å². The zero-order valence-corrected chi connectivity index (χ0v) is 24.1. The molecule has 0 spiro atoms. The second-order valence-corrected chi connectivity index (χ2v) is 10.8. The average molecular weight is 600 g/mol. The van der Waals surface area contributed by atoms with E-state index in [1.165, 1.54) is 18.2 Å². The van der Waals surface area contributed by atoms with Gasteiger partial charge in [0.15, 0.2) is 0 Å². The third kappa shape index (κ3) is 7.19. The van der Waals surface area contributed by atoms with Crippen LogP contribution in [-0.2, 0) is 28.7 Å². The van der Waals surface area contributed by atoms with Gasteiger partial charge in [0.25, 0.3) is 0 Å². The number of para-hydroxylation sites is 1. The molecule has 0 radical (unpaired) electrons. The maximum atomic E-state index is 13.8. The van der Waals surface area contributed by atoms with E-state index in [-0.39, 0.29) is 36.6 Å². The van der Waals surface area contributed by atoms with Crippen molar-refractivity contribution in [3.05, 3.63) is 53.7 Å². The van der Waals surface area contributed by atoms with E-state index in [9.17, 15) is 23.2 Å². The Morgan fingerprint density at radius 1 is 1.14 bits per heavy atom. The summed E-state index contributed by atoms with van der Waals surface area (Å²) < 4.78 is 53.0. The molecule has 0 aliphatic carbocycles. The SMILES string of the molecule is C=CC(=O)N1CCN(c2nc(OCCCN3CCOCC3)nc3c2CCN(c2ccccc2C(F)(F)F)C3)CC1CC#N. The molecule has 4 heterocycles. The summed E-state index contributed by atoms with van der Waals surface area (Å²) >= 11 is 0. The van der Waals surface area contributed by atoms with Crippen molar-refractivity contribution in [2.75, 3.05) is 75.4 Å². The van der Waals surface area contributed by atoms with Crippen molar-refractivity contribution < 1.29 is 27.4 Å². The van der Waals surface area contributed by atoms with Gasteiger partial charge in [0.05, 0.1) is 56.2 Å². The number of ether oxygens (including phenoxy) is 2. The summed E-state index contributed by atoms with van der Waals surface area (Å²) in [5.74, 6) is 0.415. The number of hydrogen-bond acceptors (Lipinski definition) is 9. The van der Waals surface area contributed by atoms with Gasteiger partial charge in [-0.2, -0.15) is 28.4 Å². The topological polar surface area (TPSA) is 98.1 Å². The first kappa shape index (κ1) is 30.6. The maximum absolute atomic E-state index is 13.8. The van der Waals surface area contributed by atoms with Crippen LogP contribution in [0.4, 0.5) is 24.7 Å². The van der Waals surface area contributed by atoms with E-state index < -0.39 is 11.7 Å². The van der Waals surface area contributed by atoms with Crippen molar-refractivity contribution >= 4 is 17.4 Å². The summed E-state index contributed by atoms with van der Waals surface area (Å²) in [5.41, 5.74) is 0.882. The first-order valence-electron chi connectivity index (χ1n) is 14.6. The van der Waals surface area contributed by atoms with Gasteiger partial charge in [-0.3, -0.25) is 9.69 Å². The first-order chi connectivity index (χ1) is 20.8. The summed E-state index contributed by atoms with van der Waals surface area (Å²) in [6.07, 6.45) is -1.89. The number of rotatable bonds is 9. The molecule has 3 aliphatic heterocycles. The highest BCUT2D eigenvalue weighted by molar-refractivity contribution is 5.87. The number of aromatic nitrogens is 2. The number of nitrogens with zero attached hydrogens (tertiary/aromatic N) is 7. The monoisotopic (exact) mass is 599 g/mol. The molecule has 2 saturated heterocycles. The second-order valence-electron chi connectivity index (χ2n) is 10.8. The highest BCUT2D eigenvalue weighted by Crippen LogP contribution is 2.39. The van der Waals surface area contributed by atoms with E-state index in [1.807, 2.05) is 4.90 Å². The van der Waals surface area contributed by atoms with Crippen LogP contribution in [0.15, 0.2) is 36.9 Å². The number of nitriles is 1. The van der Waals surface area contributed by atoms with Crippen LogP contribution < -0.4 is 14.5 Å². The normalized spacial score (nSPS) is 19.5. The minimum Gasteiger partial charge on any atom is -0.463 e. The van der Waals surface area contributed by atoms with Crippen LogP contribution in [-0.4, -0.2) is 97.4 Å². The number of amides is 1. The first-order valence-corrected chi connectivity index (χ1v) is 14.6. The fourth-order valence-electron chi connectivity index (χ4n) is 5.92. The lowest BCUT2D eigenvalue weighted by molar-refractivity contribution is -0.137. The number of benzene rings is 1. The van der Waals surface area contributed by atoms with Gasteiger partial charge < -0.3 is 24.2 Å². The lowest BCUT2D eigenvalue weighted by atomic mass is 10.0. The quantitative estimate of drug-likeness (QED) is 0.318. The zero-order chi connectivity index (χ0) is 30.4. The smallest absolute Gasteiger partial charge is 0.418 e. The van der Waals surface area contributed by atoms with E-state index in [0.29, 0.717) is 63.9 Å². The number of anilines is 2. The van der Waals surface area contributed by atoms with Crippen LogP contribution in [0.1, 0.15) is 29.7 Å². The molecule has 0 saturated carbocycles. The number of morpholine rings is 1. The molecule has 2 fully saturated rings. The van der Waals surface area contributed by atoms with Gasteiger partial charge >= 0.3 is 12.2 Å². The van der Waals surface area contributed by atoms with Crippen molar-refractivity contribution in [2.24, 2.45) is 0 Å².